The summed E-state index contributed by atoms with van der Waals surface area (Å²) in [6.45, 7) is 1.66. The number of aliphatic hydroxyl groups is 3. The van der Waals surface area contributed by atoms with Gasteiger partial charge in [-0.2, -0.15) is 0 Å². The van der Waals surface area contributed by atoms with Gasteiger partial charge in [0, 0.05) is 30.1 Å². The van der Waals surface area contributed by atoms with Gasteiger partial charge in [-0.1, -0.05) is 30.3 Å². The summed E-state index contributed by atoms with van der Waals surface area (Å²) in [6.07, 6.45) is 0.157. The Kier molecular flexibility index (Phi) is 8.45. The normalized spacial score (nSPS) is 24.6. The average molecular weight is 619 g/mol. The third kappa shape index (κ3) is 5.23. The Morgan fingerprint density at radius 3 is 2.29 bits per heavy atom. The number of nitrogens with one attached hydrogen (secondary N) is 1. The van der Waals surface area contributed by atoms with Crippen molar-refractivity contribution in [2.24, 2.45) is 17.6 Å². The molecule has 3 aliphatic rings. The highest BCUT2D eigenvalue weighted by Gasteiger charge is 2.64. The van der Waals surface area contributed by atoms with Gasteiger partial charge in [-0.05, 0) is 69.7 Å². The summed E-state index contributed by atoms with van der Waals surface area (Å²) in [5.41, 5.74) is 4.07. The minimum absolute atomic E-state index is 0.00484. The third-order valence-corrected chi connectivity index (χ3v) is 9.14. The Bertz CT molecular complexity index is 1660. The number of ketones is 3. The molecule has 5 rings (SSSR count). The predicted molar refractivity (Wildman–Crippen MR) is 165 cm³/mol. The first-order valence-corrected chi connectivity index (χ1v) is 14.7. The maximum absolute atomic E-state index is 14.0. The van der Waals surface area contributed by atoms with Crippen molar-refractivity contribution in [1.82, 2.24) is 15.1 Å². The zero-order valence-corrected chi connectivity index (χ0v) is 25.6. The number of primary amides is 1. The molecule has 1 saturated carbocycles. The number of hydrogen-bond acceptors (Lipinski definition) is 11. The van der Waals surface area contributed by atoms with Crippen molar-refractivity contribution < 1.29 is 39.6 Å². The topological polar surface area (TPSA) is 194 Å². The van der Waals surface area contributed by atoms with E-state index in [1.54, 1.807) is 44.4 Å². The van der Waals surface area contributed by atoms with Crippen LogP contribution >= 0.6 is 0 Å². The van der Waals surface area contributed by atoms with Crippen LogP contribution in [-0.4, -0.2) is 113 Å². The molecule has 238 valence electrons. The molecule has 4 atom stereocenters. The molecule has 12 nitrogen and oxygen atoms in total. The monoisotopic (exact) mass is 618 g/mol. The molecule has 0 heterocycles. The molecule has 3 aliphatic carbocycles. The van der Waals surface area contributed by atoms with E-state index in [-0.39, 0.29) is 42.1 Å². The molecular weight excluding hydrogens is 580 g/mol. The third-order valence-electron chi connectivity index (χ3n) is 9.14. The van der Waals surface area contributed by atoms with Crippen molar-refractivity contribution >= 4 is 29.0 Å². The molecule has 12 heteroatoms. The number of phenols is 1. The van der Waals surface area contributed by atoms with Crippen LogP contribution in [0.4, 0.5) is 0 Å². The van der Waals surface area contributed by atoms with Gasteiger partial charge in [0.05, 0.1) is 18.2 Å². The summed E-state index contributed by atoms with van der Waals surface area (Å²) in [5.74, 6) is -7.04. The van der Waals surface area contributed by atoms with Gasteiger partial charge in [-0.3, -0.25) is 24.1 Å². The Hall–Kier alpha value is -4.36. The predicted octanol–water partition coefficient (Wildman–Crippen LogP) is 0.965. The minimum atomic E-state index is -2.69. The largest absolute Gasteiger partial charge is 0.508 e. The van der Waals surface area contributed by atoms with E-state index in [1.807, 2.05) is 19.0 Å². The Labute approximate surface area is 260 Å². The highest BCUT2D eigenvalue weighted by molar-refractivity contribution is 6.24. The highest BCUT2D eigenvalue weighted by atomic mass is 16.3. The highest BCUT2D eigenvalue weighted by Crippen LogP contribution is 2.53. The molecule has 2 aromatic rings. The van der Waals surface area contributed by atoms with Gasteiger partial charge in [0.25, 0.3) is 5.91 Å². The lowest BCUT2D eigenvalue weighted by Crippen LogP contribution is -2.65. The van der Waals surface area contributed by atoms with Gasteiger partial charge >= 0.3 is 0 Å². The first-order valence-electron chi connectivity index (χ1n) is 14.7. The van der Waals surface area contributed by atoms with E-state index in [1.165, 1.54) is 11.0 Å². The molecular formula is C33H38N4O8. The summed E-state index contributed by atoms with van der Waals surface area (Å²) in [7, 11) is 7.01. The molecule has 7 N–H and O–H groups in total. The molecule has 1 fully saturated rings. The van der Waals surface area contributed by atoms with Gasteiger partial charge in [0.2, 0.25) is 5.78 Å². The van der Waals surface area contributed by atoms with Crippen LogP contribution in [0.25, 0.3) is 16.9 Å². The first-order chi connectivity index (χ1) is 21.2. The number of fused-ring (bicyclic) bond motifs is 3. The fraction of sp³-hybridized carbons (Fsp3) is 0.394. The molecule has 0 bridgehead atoms. The lowest BCUT2D eigenvalue weighted by atomic mass is 9.57. The quantitative estimate of drug-likeness (QED) is 0.133. The van der Waals surface area contributed by atoms with Crippen LogP contribution in [-0.2, 0) is 20.8 Å². The van der Waals surface area contributed by atoms with Crippen molar-refractivity contribution in [3.8, 4) is 16.9 Å². The first kappa shape index (κ1) is 32.0. The number of nitrogens with zero attached hydrogens (tertiary/aromatic N) is 2. The van der Waals surface area contributed by atoms with Crippen LogP contribution < -0.4 is 11.1 Å². The van der Waals surface area contributed by atoms with Crippen molar-refractivity contribution in [2.75, 3.05) is 47.8 Å². The van der Waals surface area contributed by atoms with E-state index in [4.69, 9.17) is 5.73 Å². The maximum atomic E-state index is 14.0. The molecule has 45 heavy (non-hydrogen) atoms. The van der Waals surface area contributed by atoms with Gasteiger partial charge in [-0.15, -0.1) is 0 Å². The summed E-state index contributed by atoms with van der Waals surface area (Å²) in [4.78, 5) is 55.6. The lowest BCUT2D eigenvalue weighted by Gasteiger charge is -2.50. The number of phenolic OH excluding ortho intramolecular Hbond substituents is 1. The van der Waals surface area contributed by atoms with Gasteiger partial charge in [0.15, 0.2) is 17.2 Å². The summed E-state index contributed by atoms with van der Waals surface area (Å²) in [6, 6.07) is 8.88. The number of Topliss-reactive ketones (excluding diaryl/α,β-unsaturated/α-hetero) is 3. The van der Waals surface area contributed by atoms with E-state index in [0.29, 0.717) is 28.8 Å². The van der Waals surface area contributed by atoms with Gasteiger partial charge < -0.3 is 36.4 Å². The molecule has 0 aliphatic heterocycles. The number of aromatic hydroxyl groups is 1. The summed E-state index contributed by atoms with van der Waals surface area (Å²) in [5, 5.41) is 48.2. The van der Waals surface area contributed by atoms with Gasteiger partial charge in [-0.25, -0.2) is 0 Å². The number of carbonyl (C=O) groups excluding carboxylic acids is 4. The second-order valence-electron chi connectivity index (χ2n) is 12.4. The number of carbonyl (C=O) groups is 4. The molecule has 0 radical (unpaired) electrons. The molecule has 2 aromatic carbocycles. The summed E-state index contributed by atoms with van der Waals surface area (Å²) >= 11 is 0. The SMILES string of the molecule is CN(C)CCNCC(=O)c1ccc(-c2ccc(O)c3c2C[C@H]2C[C@H]4C(N(C)C)C(=O)C(C(N)=O)=C(O)[C@@]4(O)C(=O)C2=C3O)cc1. The number of hydrogen-bond donors (Lipinski definition) is 6. The van der Waals surface area contributed by atoms with Crippen LogP contribution in [0.3, 0.4) is 0 Å². The number of amides is 1. The minimum Gasteiger partial charge on any atom is -0.508 e. The van der Waals surface area contributed by atoms with Crippen LogP contribution in [0.5, 0.6) is 5.75 Å². The van der Waals surface area contributed by atoms with Crippen LogP contribution in [0.2, 0.25) is 0 Å². The Morgan fingerprint density at radius 1 is 1.02 bits per heavy atom. The number of rotatable bonds is 9. The number of aliphatic hydroxyl groups excluding tert-OH is 2. The fourth-order valence-corrected chi connectivity index (χ4v) is 6.96. The molecule has 0 spiro atoms. The van der Waals surface area contributed by atoms with Crippen LogP contribution in [0, 0.1) is 11.8 Å². The lowest BCUT2D eigenvalue weighted by molar-refractivity contribution is -0.153. The molecule has 0 aromatic heterocycles. The van der Waals surface area contributed by atoms with Crippen LogP contribution in [0.15, 0.2) is 53.3 Å². The molecule has 1 amide bonds. The Morgan fingerprint density at radius 2 is 1.69 bits per heavy atom. The zero-order valence-electron chi connectivity index (χ0n) is 25.6. The number of likely N-dealkylation sites (N-methyl/N-ethyl adjacent to an activating group) is 2. The zero-order chi connectivity index (χ0) is 33.0. The maximum Gasteiger partial charge on any atom is 0.255 e. The average Bonchev–Trinajstić information content (AvgIpc) is 2.97. The second-order valence-corrected chi connectivity index (χ2v) is 12.4. The van der Waals surface area contributed by atoms with E-state index in [2.05, 4.69) is 5.32 Å². The number of nitrogens with two attached hydrogens (primary N) is 1. The fourth-order valence-electron chi connectivity index (χ4n) is 6.96. The van der Waals surface area contributed by atoms with Crippen molar-refractivity contribution in [3.63, 3.8) is 0 Å². The van der Waals surface area contributed by atoms with E-state index >= 15 is 0 Å². The smallest absolute Gasteiger partial charge is 0.255 e. The summed E-state index contributed by atoms with van der Waals surface area (Å²) < 4.78 is 0. The van der Waals surface area contributed by atoms with Crippen molar-refractivity contribution in [2.45, 2.75) is 24.5 Å². The van der Waals surface area contributed by atoms with Crippen molar-refractivity contribution in [1.29, 1.82) is 0 Å². The number of benzene rings is 2. The standard InChI is InChI=1S/C33H38N4O8/c1-36(2)12-11-35-15-23(39)17-7-5-16(6-8-17)19-9-10-22(38)25-20(19)13-18-14-21-27(37(3)4)29(41)26(32(34)44)31(43)33(21,45)30(42)24(18)28(25)40/h5-10,18,21,27,35,38,40,43,45H,11-15H2,1-4H3,(H2,34,44)/t18-,21-,27?,33-/m0/s1. The van der Waals surface area contributed by atoms with E-state index in [0.717, 1.165) is 6.54 Å². The molecule has 1 unspecified atom stereocenters. The van der Waals surface area contributed by atoms with E-state index in [9.17, 15) is 39.6 Å². The van der Waals surface area contributed by atoms with Crippen LogP contribution in [0.1, 0.15) is 27.9 Å². The Balaban J connectivity index is 1.54. The van der Waals surface area contributed by atoms with E-state index < -0.39 is 58.0 Å². The van der Waals surface area contributed by atoms with Gasteiger partial charge in [0.1, 0.15) is 22.8 Å². The molecule has 0 saturated heterocycles. The van der Waals surface area contributed by atoms with Crippen molar-refractivity contribution in [3.05, 3.63) is 70.0 Å². The second kappa shape index (κ2) is 11.9.